The van der Waals surface area contributed by atoms with Gasteiger partial charge in [-0.25, -0.2) is 18.5 Å². The van der Waals surface area contributed by atoms with Gasteiger partial charge in [-0.05, 0) is 50.1 Å². The molecule has 6 nitrogen and oxygen atoms in total. The second kappa shape index (κ2) is 9.39. The average molecular weight is 468 g/mol. The van der Waals surface area contributed by atoms with Crippen LogP contribution in [0.15, 0.2) is 42.5 Å². The summed E-state index contributed by atoms with van der Waals surface area (Å²) in [6, 6.07) is 13.1. The fourth-order valence-corrected chi connectivity index (χ4v) is 3.70. The number of halogens is 2. The molecule has 1 unspecified atom stereocenters. The molecule has 9 heteroatoms. The summed E-state index contributed by atoms with van der Waals surface area (Å²) in [5.41, 5.74) is 3.44. The second-order valence-electron chi connectivity index (χ2n) is 7.10. The van der Waals surface area contributed by atoms with Gasteiger partial charge in [-0.1, -0.05) is 41.4 Å². The van der Waals surface area contributed by atoms with Crippen LogP contribution >= 0.6 is 23.2 Å². The van der Waals surface area contributed by atoms with Gasteiger partial charge < -0.3 is 10.1 Å². The van der Waals surface area contributed by atoms with Gasteiger partial charge in [0.2, 0.25) is 10.0 Å². The maximum atomic E-state index is 11.4. The first-order valence-electron chi connectivity index (χ1n) is 9.37. The van der Waals surface area contributed by atoms with Gasteiger partial charge in [0.15, 0.2) is 0 Å². The summed E-state index contributed by atoms with van der Waals surface area (Å²) in [4.78, 5) is 4.62. The van der Waals surface area contributed by atoms with Crippen molar-refractivity contribution in [2.24, 2.45) is 5.14 Å². The van der Waals surface area contributed by atoms with Crippen LogP contribution in [0.5, 0.6) is 5.75 Å². The number of nitrogens with zero attached hydrogens (tertiary/aromatic N) is 1. The SMILES string of the molecule is Cc1cc(NCc2ccc(Cl)c(Cl)c2)c2cccc(OCCC(C)S(N)(=O)=O)c2n1. The van der Waals surface area contributed by atoms with Gasteiger partial charge >= 0.3 is 0 Å². The zero-order valence-electron chi connectivity index (χ0n) is 16.7. The molecule has 1 atom stereocenters. The van der Waals surface area contributed by atoms with Crippen LogP contribution in [0.2, 0.25) is 10.0 Å². The van der Waals surface area contributed by atoms with Gasteiger partial charge in [-0.3, -0.25) is 0 Å². The van der Waals surface area contributed by atoms with E-state index in [4.69, 9.17) is 33.1 Å². The molecule has 3 N–H and O–H groups in total. The van der Waals surface area contributed by atoms with Crippen molar-refractivity contribution in [2.45, 2.75) is 32.1 Å². The quantitative estimate of drug-likeness (QED) is 0.490. The predicted octanol–water partition coefficient (Wildman–Crippen LogP) is 4.91. The van der Waals surface area contributed by atoms with E-state index in [-0.39, 0.29) is 6.61 Å². The van der Waals surface area contributed by atoms with Gasteiger partial charge in [0.25, 0.3) is 0 Å². The summed E-state index contributed by atoms with van der Waals surface area (Å²) < 4.78 is 28.6. The first-order valence-corrected chi connectivity index (χ1v) is 11.7. The van der Waals surface area contributed by atoms with Crippen LogP contribution in [0.4, 0.5) is 5.69 Å². The third kappa shape index (κ3) is 5.55. The van der Waals surface area contributed by atoms with E-state index < -0.39 is 15.3 Å². The Morgan fingerprint density at radius 3 is 2.63 bits per heavy atom. The Morgan fingerprint density at radius 2 is 1.93 bits per heavy atom. The number of rotatable bonds is 8. The normalized spacial score (nSPS) is 12.7. The standard InChI is InChI=1S/C21H23Cl2N3O3S/c1-13-10-19(25-12-15-6-7-17(22)18(23)11-15)16-4-3-5-20(21(16)26-13)29-9-8-14(2)30(24,27)28/h3-7,10-11,14H,8-9,12H2,1-2H3,(H,25,26)(H2,24,27,28). The van der Waals surface area contributed by atoms with E-state index in [1.165, 1.54) is 0 Å². The number of aryl methyl sites for hydroxylation is 1. The van der Waals surface area contributed by atoms with Crippen molar-refractivity contribution >= 4 is 49.8 Å². The van der Waals surface area contributed by atoms with E-state index in [1.807, 2.05) is 43.3 Å². The van der Waals surface area contributed by atoms with Crippen LogP contribution in [0.25, 0.3) is 10.9 Å². The molecule has 0 aliphatic heterocycles. The number of benzene rings is 2. The van der Waals surface area contributed by atoms with E-state index in [2.05, 4.69) is 10.3 Å². The first-order chi connectivity index (χ1) is 14.1. The lowest BCUT2D eigenvalue weighted by molar-refractivity contribution is 0.312. The number of sulfonamides is 1. The molecule has 3 aromatic rings. The summed E-state index contributed by atoms with van der Waals surface area (Å²) >= 11 is 12.1. The molecule has 1 heterocycles. The van der Waals surface area contributed by atoms with Crippen molar-refractivity contribution in [3.8, 4) is 5.75 Å². The minimum Gasteiger partial charge on any atom is -0.491 e. The fourth-order valence-electron chi connectivity index (χ4n) is 2.96. The Bertz CT molecular complexity index is 1170. The zero-order valence-corrected chi connectivity index (χ0v) is 19.0. The number of ether oxygens (including phenoxy) is 1. The maximum absolute atomic E-state index is 11.4. The lowest BCUT2D eigenvalue weighted by Gasteiger charge is -2.15. The number of primary sulfonamides is 1. The number of fused-ring (bicyclic) bond motifs is 1. The molecule has 160 valence electrons. The number of nitrogens with two attached hydrogens (primary N) is 1. The van der Waals surface area contributed by atoms with Gasteiger partial charge in [-0.15, -0.1) is 0 Å². The van der Waals surface area contributed by atoms with E-state index in [1.54, 1.807) is 13.0 Å². The molecule has 0 saturated heterocycles. The summed E-state index contributed by atoms with van der Waals surface area (Å²) in [5.74, 6) is 0.593. The van der Waals surface area contributed by atoms with Gasteiger partial charge in [0.05, 0.1) is 21.9 Å². The maximum Gasteiger partial charge on any atom is 0.211 e. The molecule has 0 saturated carbocycles. The summed E-state index contributed by atoms with van der Waals surface area (Å²) in [6.45, 7) is 4.25. The molecule has 0 fully saturated rings. The molecular formula is C21H23Cl2N3O3S. The topological polar surface area (TPSA) is 94.3 Å². The third-order valence-corrected chi connectivity index (χ3v) is 6.84. The van der Waals surface area contributed by atoms with Gasteiger partial charge in [-0.2, -0.15) is 0 Å². The van der Waals surface area contributed by atoms with Gasteiger partial charge in [0.1, 0.15) is 11.3 Å². The highest BCUT2D eigenvalue weighted by Gasteiger charge is 2.16. The molecule has 0 aliphatic rings. The summed E-state index contributed by atoms with van der Waals surface area (Å²) in [6.07, 6.45) is 0.295. The van der Waals surface area contributed by atoms with E-state index in [0.29, 0.717) is 34.3 Å². The molecule has 0 bridgehead atoms. The Balaban J connectivity index is 1.81. The predicted molar refractivity (Wildman–Crippen MR) is 123 cm³/mol. The molecule has 0 aliphatic carbocycles. The largest absolute Gasteiger partial charge is 0.491 e. The molecule has 30 heavy (non-hydrogen) atoms. The van der Waals surface area contributed by atoms with Crippen LogP contribution in [0.3, 0.4) is 0 Å². The van der Waals surface area contributed by atoms with Crippen molar-refractivity contribution in [2.75, 3.05) is 11.9 Å². The van der Waals surface area contributed by atoms with Crippen molar-refractivity contribution < 1.29 is 13.2 Å². The molecule has 0 spiro atoms. The Kier molecular flexibility index (Phi) is 7.08. The van der Waals surface area contributed by atoms with Crippen molar-refractivity contribution in [3.63, 3.8) is 0 Å². The van der Waals surface area contributed by atoms with E-state index >= 15 is 0 Å². The average Bonchev–Trinajstić information content (AvgIpc) is 2.68. The minimum atomic E-state index is -3.58. The van der Waals surface area contributed by atoms with Crippen LogP contribution < -0.4 is 15.2 Å². The Morgan fingerprint density at radius 1 is 1.17 bits per heavy atom. The van der Waals surface area contributed by atoms with Crippen LogP contribution in [0.1, 0.15) is 24.6 Å². The van der Waals surface area contributed by atoms with E-state index in [9.17, 15) is 8.42 Å². The number of anilines is 1. The fraction of sp³-hybridized carbons (Fsp3) is 0.286. The number of pyridine rings is 1. The highest BCUT2D eigenvalue weighted by atomic mass is 35.5. The van der Waals surface area contributed by atoms with Crippen LogP contribution in [-0.2, 0) is 16.6 Å². The van der Waals surface area contributed by atoms with Crippen LogP contribution in [-0.4, -0.2) is 25.3 Å². The molecular weight excluding hydrogens is 445 g/mol. The van der Waals surface area contributed by atoms with Crippen molar-refractivity contribution in [1.82, 2.24) is 4.98 Å². The smallest absolute Gasteiger partial charge is 0.211 e. The number of hydrogen-bond donors (Lipinski definition) is 2. The second-order valence-corrected chi connectivity index (χ2v) is 9.90. The molecule has 3 rings (SSSR count). The highest BCUT2D eigenvalue weighted by Crippen LogP contribution is 2.31. The lowest BCUT2D eigenvalue weighted by atomic mass is 10.1. The van der Waals surface area contributed by atoms with Crippen LogP contribution in [0, 0.1) is 6.92 Å². The van der Waals surface area contributed by atoms with Crippen molar-refractivity contribution in [3.05, 3.63) is 63.8 Å². The Labute approximate surface area is 186 Å². The monoisotopic (exact) mass is 467 g/mol. The number of para-hydroxylation sites is 1. The Hall–Kier alpha value is -2.06. The molecule has 2 aromatic carbocycles. The summed E-state index contributed by atoms with van der Waals surface area (Å²) in [5, 5.41) is 9.84. The zero-order chi connectivity index (χ0) is 21.9. The molecule has 1 aromatic heterocycles. The lowest BCUT2D eigenvalue weighted by Crippen LogP contribution is -2.27. The first kappa shape index (κ1) is 22.6. The number of aromatic nitrogens is 1. The number of hydrogen-bond acceptors (Lipinski definition) is 5. The minimum absolute atomic E-state index is 0.221. The van der Waals surface area contributed by atoms with Crippen molar-refractivity contribution in [1.29, 1.82) is 0 Å². The molecule has 0 amide bonds. The number of nitrogens with one attached hydrogen (secondary N) is 1. The van der Waals surface area contributed by atoms with E-state index in [0.717, 1.165) is 22.3 Å². The third-order valence-electron chi connectivity index (χ3n) is 4.74. The molecule has 0 radical (unpaired) electrons. The van der Waals surface area contributed by atoms with Gasteiger partial charge in [0, 0.05) is 23.3 Å². The highest BCUT2D eigenvalue weighted by molar-refractivity contribution is 7.89. The summed E-state index contributed by atoms with van der Waals surface area (Å²) in [7, 11) is -3.58.